The molecule has 2 amide bonds. The van der Waals surface area contributed by atoms with Gasteiger partial charge in [0.05, 0.1) is 6.20 Å². The second kappa shape index (κ2) is 6.28. The van der Waals surface area contributed by atoms with Crippen molar-refractivity contribution in [3.8, 4) is 0 Å². The van der Waals surface area contributed by atoms with Gasteiger partial charge in [0, 0.05) is 25.2 Å². The summed E-state index contributed by atoms with van der Waals surface area (Å²) in [6, 6.07) is -0.267. The lowest BCUT2D eigenvalue weighted by molar-refractivity contribution is -0.143. The highest BCUT2D eigenvalue weighted by Crippen LogP contribution is 2.33. The molecule has 2 aliphatic rings. The van der Waals surface area contributed by atoms with E-state index in [2.05, 4.69) is 15.5 Å². The molecule has 0 bridgehead atoms. The molecule has 1 aromatic rings. The van der Waals surface area contributed by atoms with E-state index in [9.17, 15) is 9.59 Å². The molecule has 2 N–H and O–H groups in total. The van der Waals surface area contributed by atoms with Crippen molar-refractivity contribution in [1.82, 2.24) is 20.4 Å². The zero-order valence-corrected chi connectivity index (χ0v) is 12.2. The van der Waals surface area contributed by atoms with Gasteiger partial charge in [0.2, 0.25) is 11.8 Å². The maximum absolute atomic E-state index is 12.4. The number of aromatic nitrogens is 2. The van der Waals surface area contributed by atoms with Gasteiger partial charge < -0.3 is 10.2 Å². The first kappa shape index (κ1) is 14.1. The fraction of sp³-hybridized carbons (Fsp3) is 0.667. The zero-order valence-electron chi connectivity index (χ0n) is 12.2. The number of H-pyrrole nitrogens is 1. The van der Waals surface area contributed by atoms with Crippen LogP contribution in [0.5, 0.6) is 0 Å². The Balaban J connectivity index is 1.52. The molecule has 1 aromatic heterocycles. The van der Waals surface area contributed by atoms with Gasteiger partial charge in [-0.2, -0.15) is 5.10 Å². The monoisotopic (exact) mass is 290 g/mol. The van der Waals surface area contributed by atoms with Crippen molar-refractivity contribution in [3.05, 3.63) is 18.0 Å². The lowest BCUT2D eigenvalue weighted by Crippen LogP contribution is -2.52. The number of rotatable bonds is 5. The first-order chi connectivity index (χ1) is 10.3. The van der Waals surface area contributed by atoms with Gasteiger partial charge in [-0.05, 0) is 44.1 Å². The topological polar surface area (TPSA) is 78.1 Å². The standard InChI is InChI=1S/C15H22N4O2/c20-14(16-7-6-11-9-17-18-10-11)13-3-1-2-8-19(13)15(21)12-4-5-12/h9-10,12-13H,1-8H2,(H,16,20)(H,17,18)/t13-/m0/s1. The van der Waals surface area contributed by atoms with E-state index in [0.717, 1.165) is 50.6 Å². The van der Waals surface area contributed by atoms with Crippen molar-refractivity contribution < 1.29 is 9.59 Å². The lowest BCUT2D eigenvalue weighted by Gasteiger charge is -2.34. The summed E-state index contributed by atoms with van der Waals surface area (Å²) in [6.45, 7) is 1.31. The van der Waals surface area contributed by atoms with Gasteiger partial charge in [-0.3, -0.25) is 14.7 Å². The number of piperidine rings is 1. The van der Waals surface area contributed by atoms with Crippen LogP contribution in [0.15, 0.2) is 12.4 Å². The molecule has 0 aromatic carbocycles. The molecule has 21 heavy (non-hydrogen) atoms. The van der Waals surface area contributed by atoms with Gasteiger partial charge in [-0.25, -0.2) is 0 Å². The summed E-state index contributed by atoms with van der Waals surface area (Å²) >= 11 is 0. The number of carbonyl (C=O) groups is 2. The molecule has 0 unspecified atom stereocenters. The van der Waals surface area contributed by atoms with Gasteiger partial charge in [0.1, 0.15) is 6.04 Å². The normalized spacial score (nSPS) is 22.1. The number of carbonyl (C=O) groups excluding carboxylic acids is 2. The molecular weight excluding hydrogens is 268 g/mol. The van der Waals surface area contributed by atoms with E-state index in [0.29, 0.717) is 6.54 Å². The van der Waals surface area contributed by atoms with Crippen LogP contribution < -0.4 is 5.32 Å². The van der Waals surface area contributed by atoms with Crippen molar-refractivity contribution in [2.24, 2.45) is 5.92 Å². The Labute approximate surface area is 124 Å². The summed E-state index contributed by atoms with van der Waals surface area (Å²) in [7, 11) is 0. The van der Waals surface area contributed by atoms with Crippen molar-refractivity contribution >= 4 is 11.8 Å². The van der Waals surface area contributed by atoms with Gasteiger partial charge in [0.25, 0.3) is 0 Å². The summed E-state index contributed by atoms with van der Waals surface area (Å²) in [4.78, 5) is 26.4. The quantitative estimate of drug-likeness (QED) is 0.844. The largest absolute Gasteiger partial charge is 0.354 e. The highest BCUT2D eigenvalue weighted by Gasteiger charge is 2.39. The number of aromatic amines is 1. The van der Waals surface area contributed by atoms with Crippen LogP contribution in [0, 0.1) is 5.92 Å². The molecule has 1 saturated heterocycles. The summed E-state index contributed by atoms with van der Waals surface area (Å²) in [6.07, 6.45) is 9.15. The minimum Gasteiger partial charge on any atom is -0.354 e. The van der Waals surface area contributed by atoms with Crippen molar-refractivity contribution in [1.29, 1.82) is 0 Å². The molecule has 0 spiro atoms. The average Bonchev–Trinajstić information content (AvgIpc) is 3.24. The number of likely N-dealkylation sites (tertiary alicyclic amines) is 1. The van der Waals surface area contributed by atoms with Crippen molar-refractivity contribution in [2.45, 2.75) is 44.6 Å². The summed E-state index contributed by atoms with van der Waals surface area (Å²) in [5, 5.41) is 9.60. The van der Waals surface area contributed by atoms with Crippen LogP contribution in [-0.4, -0.2) is 46.0 Å². The maximum Gasteiger partial charge on any atom is 0.242 e. The molecule has 3 rings (SSSR count). The molecule has 1 saturated carbocycles. The number of nitrogens with one attached hydrogen (secondary N) is 2. The van der Waals surface area contributed by atoms with E-state index in [1.165, 1.54) is 0 Å². The zero-order chi connectivity index (χ0) is 14.7. The van der Waals surface area contributed by atoms with E-state index in [4.69, 9.17) is 0 Å². The Bertz CT molecular complexity index is 496. The number of amides is 2. The second-order valence-electron chi connectivity index (χ2n) is 5.97. The van der Waals surface area contributed by atoms with Crippen molar-refractivity contribution in [3.63, 3.8) is 0 Å². The fourth-order valence-electron chi connectivity index (χ4n) is 2.89. The third-order valence-electron chi connectivity index (χ3n) is 4.28. The Morgan fingerprint density at radius 2 is 2.19 bits per heavy atom. The van der Waals surface area contributed by atoms with Crippen LogP contribution >= 0.6 is 0 Å². The van der Waals surface area contributed by atoms with Crippen LogP contribution in [0.25, 0.3) is 0 Å². The van der Waals surface area contributed by atoms with E-state index >= 15 is 0 Å². The third-order valence-corrected chi connectivity index (χ3v) is 4.28. The van der Waals surface area contributed by atoms with Gasteiger partial charge >= 0.3 is 0 Å². The lowest BCUT2D eigenvalue weighted by atomic mass is 10.0. The van der Waals surface area contributed by atoms with Gasteiger partial charge in [0.15, 0.2) is 0 Å². The first-order valence-electron chi connectivity index (χ1n) is 7.81. The summed E-state index contributed by atoms with van der Waals surface area (Å²) < 4.78 is 0. The molecule has 1 aliphatic carbocycles. The molecule has 0 radical (unpaired) electrons. The SMILES string of the molecule is O=C(NCCc1cn[nH]c1)[C@@H]1CCCCN1C(=O)C1CC1. The number of hydrogen-bond donors (Lipinski definition) is 2. The minimum atomic E-state index is -0.267. The number of nitrogens with zero attached hydrogens (tertiary/aromatic N) is 2. The molecule has 1 aliphatic heterocycles. The predicted octanol–water partition coefficient (Wildman–Crippen LogP) is 0.859. The van der Waals surface area contributed by atoms with E-state index in [1.807, 2.05) is 11.1 Å². The van der Waals surface area contributed by atoms with E-state index < -0.39 is 0 Å². The summed E-state index contributed by atoms with van der Waals surface area (Å²) in [5.74, 6) is 0.362. The predicted molar refractivity (Wildman–Crippen MR) is 77.4 cm³/mol. The maximum atomic E-state index is 12.4. The fourth-order valence-corrected chi connectivity index (χ4v) is 2.89. The minimum absolute atomic E-state index is 0.00723. The van der Waals surface area contributed by atoms with Gasteiger partial charge in [-0.1, -0.05) is 0 Å². The molecule has 2 fully saturated rings. The Hall–Kier alpha value is -1.85. The third kappa shape index (κ3) is 3.43. The van der Waals surface area contributed by atoms with Gasteiger partial charge in [-0.15, -0.1) is 0 Å². The van der Waals surface area contributed by atoms with Crippen LogP contribution in [0.2, 0.25) is 0 Å². The van der Waals surface area contributed by atoms with Crippen LogP contribution in [-0.2, 0) is 16.0 Å². The first-order valence-corrected chi connectivity index (χ1v) is 7.81. The molecular formula is C15H22N4O2. The Morgan fingerprint density at radius 1 is 1.33 bits per heavy atom. The van der Waals surface area contributed by atoms with Crippen LogP contribution in [0.3, 0.4) is 0 Å². The molecule has 1 atom stereocenters. The molecule has 2 heterocycles. The van der Waals surface area contributed by atoms with Crippen LogP contribution in [0.4, 0.5) is 0 Å². The van der Waals surface area contributed by atoms with Crippen LogP contribution in [0.1, 0.15) is 37.7 Å². The second-order valence-corrected chi connectivity index (χ2v) is 5.97. The van der Waals surface area contributed by atoms with E-state index in [-0.39, 0.29) is 23.8 Å². The molecule has 6 nitrogen and oxygen atoms in total. The molecule has 114 valence electrons. The van der Waals surface area contributed by atoms with Crippen molar-refractivity contribution in [2.75, 3.05) is 13.1 Å². The average molecular weight is 290 g/mol. The highest BCUT2D eigenvalue weighted by atomic mass is 16.2. The van der Waals surface area contributed by atoms with E-state index in [1.54, 1.807) is 6.20 Å². The Kier molecular flexibility index (Phi) is 4.22. The molecule has 6 heteroatoms. The summed E-state index contributed by atoms with van der Waals surface area (Å²) in [5.41, 5.74) is 1.07. The highest BCUT2D eigenvalue weighted by molar-refractivity contribution is 5.89. The smallest absolute Gasteiger partial charge is 0.242 e. The number of hydrogen-bond acceptors (Lipinski definition) is 3. The Morgan fingerprint density at radius 3 is 2.90 bits per heavy atom.